The summed E-state index contributed by atoms with van der Waals surface area (Å²) in [5.74, 6) is -0.513. The van der Waals surface area contributed by atoms with E-state index in [1.165, 1.54) is 24.1 Å². The number of ketones is 1. The maximum absolute atomic E-state index is 14.1. The van der Waals surface area contributed by atoms with Gasteiger partial charge in [0.15, 0.2) is 11.3 Å². The lowest BCUT2D eigenvalue weighted by molar-refractivity contribution is -0.190. The average molecular weight is 384 g/mol. The first-order valence-corrected chi connectivity index (χ1v) is 7.75. The van der Waals surface area contributed by atoms with Gasteiger partial charge in [-0.05, 0) is 23.8 Å². The molecule has 2 nitrogen and oxygen atoms in total. The molecular formula is C17H13BrF3NO. The standard InChI is InChI=1S/C17H13BrF3NO/c1-22-14-8-7-12(18)9-13(14)15(23)10-16(22,17(19,20)21)11-5-3-2-4-6-11/h2-9H,10H2,1H3/t16-/m1/s1. The van der Waals surface area contributed by atoms with Gasteiger partial charge >= 0.3 is 6.18 Å². The van der Waals surface area contributed by atoms with Gasteiger partial charge in [-0.15, -0.1) is 0 Å². The highest BCUT2D eigenvalue weighted by atomic mass is 79.9. The Labute approximate surface area is 140 Å². The molecule has 0 amide bonds. The Morgan fingerprint density at radius 1 is 1.13 bits per heavy atom. The Hall–Kier alpha value is -1.82. The number of hydrogen-bond acceptors (Lipinski definition) is 2. The van der Waals surface area contributed by atoms with Crippen LogP contribution in [0.2, 0.25) is 0 Å². The SMILES string of the molecule is CN1c2ccc(Br)cc2C(=O)C[C@@]1(c1ccccc1)C(F)(F)F. The molecule has 23 heavy (non-hydrogen) atoms. The van der Waals surface area contributed by atoms with Crippen LogP contribution in [0.4, 0.5) is 18.9 Å². The molecule has 0 aromatic heterocycles. The quantitative estimate of drug-likeness (QED) is 0.695. The molecule has 1 aliphatic heterocycles. The number of Topliss-reactive ketones (excluding diaryl/α,β-unsaturated/α-hetero) is 1. The monoisotopic (exact) mass is 383 g/mol. The molecule has 2 aromatic rings. The van der Waals surface area contributed by atoms with Crippen LogP contribution < -0.4 is 4.90 Å². The second-order valence-corrected chi connectivity index (χ2v) is 6.46. The lowest BCUT2D eigenvalue weighted by Crippen LogP contribution is -2.58. The van der Waals surface area contributed by atoms with Crippen LogP contribution in [0.3, 0.4) is 0 Å². The number of halogens is 4. The zero-order chi connectivity index (χ0) is 16.8. The first-order chi connectivity index (χ1) is 10.8. The van der Waals surface area contributed by atoms with Gasteiger partial charge < -0.3 is 4.90 Å². The molecule has 2 aromatic carbocycles. The summed E-state index contributed by atoms with van der Waals surface area (Å²) in [6, 6.07) is 12.3. The second-order valence-electron chi connectivity index (χ2n) is 5.54. The van der Waals surface area contributed by atoms with Gasteiger partial charge in [0.2, 0.25) is 0 Å². The molecule has 0 radical (unpaired) electrons. The molecule has 0 N–H and O–H groups in total. The van der Waals surface area contributed by atoms with E-state index in [-0.39, 0.29) is 11.3 Å². The Bertz CT molecular complexity index is 760. The molecule has 0 spiro atoms. The highest BCUT2D eigenvalue weighted by Crippen LogP contribution is 2.51. The predicted molar refractivity (Wildman–Crippen MR) is 85.7 cm³/mol. The summed E-state index contributed by atoms with van der Waals surface area (Å²) in [7, 11) is 1.39. The number of alkyl halides is 3. The molecule has 0 saturated carbocycles. The number of carbonyl (C=O) groups is 1. The zero-order valence-electron chi connectivity index (χ0n) is 12.2. The van der Waals surface area contributed by atoms with Gasteiger partial charge in [-0.2, -0.15) is 13.2 Å². The maximum atomic E-state index is 14.1. The molecule has 0 bridgehead atoms. The highest BCUT2D eigenvalue weighted by Gasteiger charge is 2.61. The first-order valence-electron chi connectivity index (χ1n) is 6.96. The van der Waals surface area contributed by atoms with Crippen molar-refractivity contribution >= 4 is 27.4 Å². The number of anilines is 1. The van der Waals surface area contributed by atoms with E-state index in [2.05, 4.69) is 15.9 Å². The molecular weight excluding hydrogens is 371 g/mol. The second kappa shape index (κ2) is 5.37. The Morgan fingerprint density at radius 2 is 1.78 bits per heavy atom. The topological polar surface area (TPSA) is 20.3 Å². The molecule has 1 heterocycles. The highest BCUT2D eigenvalue weighted by molar-refractivity contribution is 9.10. The van der Waals surface area contributed by atoms with Crippen molar-refractivity contribution in [3.05, 3.63) is 64.1 Å². The summed E-state index contributed by atoms with van der Waals surface area (Å²) in [6.45, 7) is 0. The van der Waals surface area contributed by atoms with Crippen LogP contribution >= 0.6 is 15.9 Å². The average Bonchev–Trinajstić information content (AvgIpc) is 2.50. The van der Waals surface area contributed by atoms with Crippen molar-refractivity contribution < 1.29 is 18.0 Å². The number of carbonyl (C=O) groups excluding carboxylic acids is 1. The van der Waals surface area contributed by atoms with Crippen LogP contribution in [0.15, 0.2) is 53.0 Å². The van der Waals surface area contributed by atoms with Gasteiger partial charge in [0.05, 0.1) is 0 Å². The van der Waals surface area contributed by atoms with E-state index >= 15 is 0 Å². The van der Waals surface area contributed by atoms with Gasteiger partial charge in [0.1, 0.15) is 0 Å². The van der Waals surface area contributed by atoms with E-state index in [1.807, 2.05) is 0 Å². The summed E-state index contributed by atoms with van der Waals surface area (Å²) in [6.07, 6.45) is -5.23. The summed E-state index contributed by atoms with van der Waals surface area (Å²) in [5.41, 5.74) is -1.70. The molecule has 1 aliphatic rings. The predicted octanol–water partition coefficient (Wildman–Crippen LogP) is 4.93. The van der Waals surface area contributed by atoms with Gasteiger partial charge in [-0.1, -0.05) is 46.3 Å². The third-order valence-electron chi connectivity index (χ3n) is 4.33. The van der Waals surface area contributed by atoms with Crippen LogP contribution in [0.25, 0.3) is 0 Å². The van der Waals surface area contributed by atoms with Gasteiger partial charge in [-0.3, -0.25) is 4.79 Å². The van der Waals surface area contributed by atoms with E-state index in [0.29, 0.717) is 10.0 Å². The van der Waals surface area contributed by atoms with E-state index in [9.17, 15) is 18.0 Å². The van der Waals surface area contributed by atoms with Crippen LogP contribution in [-0.2, 0) is 5.54 Å². The summed E-state index contributed by atoms with van der Waals surface area (Å²) >= 11 is 3.26. The molecule has 120 valence electrons. The van der Waals surface area contributed by atoms with Crippen molar-refractivity contribution in [2.75, 3.05) is 11.9 Å². The van der Waals surface area contributed by atoms with Crippen molar-refractivity contribution in [2.45, 2.75) is 18.1 Å². The fourth-order valence-electron chi connectivity index (χ4n) is 3.14. The molecule has 1 atom stereocenters. The molecule has 3 rings (SSSR count). The number of rotatable bonds is 1. The smallest absolute Gasteiger partial charge is 0.356 e. The van der Waals surface area contributed by atoms with Crippen molar-refractivity contribution in [3.8, 4) is 0 Å². The number of fused-ring (bicyclic) bond motifs is 1. The Morgan fingerprint density at radius 3 is 2.39 bits per heavy atom. The van der Waals surface area contributed by atoms with Crippen molar-refractivity contribution in [1.29, 1.82) is 0 Å². The minimum Gasteiger partial charge on any atom is -0.356 e. The van der Waals surface area contributed by atoms with Crippen LogP contribution in [0.5, 0.6) is 0 Å². The third-order valence-corrected chi connectivity index (χ3v) is 4.82. The minimum atomic E-state index is -4.59. The van der Waals surface area contributed by atoms with E-state index in [1.54, 1.807) is 36.4 Å². The molecule has 0 unspecified atom stereocenters. The summed E-state index contributed by atoms with van der Waals surface area (Å²) < 4.78 is 42.9. The molecule has 6 heteroatoms. The van der Waals surface area contributed by atoms with Crippen LogP contribution in [0.1, 0.15) is 22.3 Å². The van der Waals surface area contributed by atoms with Crippen molar-refractivity contribution in [3.63, 3.8) is 0 Å². The lowest BCUT2D eigenvalue weighted by Gasteiger charge is -2.47. The number of hydrogen-bond donors (Lipinski definition) is 0. The molecule has 0 fully saturated rings. The molecule has 0 saturated heterocycles. The van der Waals surface area contributed by atoms with Gasteiger partial charge in [0.25, 0.3) is 0 Å². The maximum Gasteiger partial charge on any atom is 0.416 e. The van der Waals surface area contributed by atoms with E-state index in [0.717, 1.165) is 0 Å². The Balaban J connectivity index is 2.27. The molecule has 0 aliphatic carbocycles. The van der Waals surface area contributed by atoms with Crippen molar-refractivity contribution in [1.82, 2.24) is 0 Å². The normalized spacial score (nSPS) is 21.3. The summed E-state index contributed by atoms with van der Waals surface area (Å²) in [4.78, 5) is 13.6. The fourth-order valence-corrected chi connectivity index (χ4v) is 3.50. The summed E-state index contributed by atoms with van der Waals surface area (Å²) in [5, 5.41) is 0. The number of nitrogens with zero attached hydrogens (tertiary/aromatic N) is 1. The van der Waals surface area contributed by atoms with Crippen molar-refractivity contribution in [2.24, 2.45) is 0 Å². The fraction of sp³-hybridized carbons (Fsp3) is 0.235. The van der Waals surface area contributed by atoms with Gasteiger partial charge in [0, 0.05) is 29.2 Å². The van der Waals surface area contributed by atoms with E-state index in [4.69, 9.17) is 0 Å². The van der Waals surface area contributed by atoms with Gasteiger partial charge in [-0.25, -0.2) is 0 Å². The number of benzene rings is 2. The third kappa shape index (κ3) is 2.36. The van der Waals surface area contributed by atoms with Crippen LogP contribution in [0, 0.1) is 0 Å². The zero-order valence-corrected chi connectivity index (χ0v) is 13.8. The largest absolute Gasteiger partial charge is 0.416 e. The first kappa shape index (κ1) is 16.1. The lowest BCUT2D eigenvalue weighted by atomic mass is 9.77. The van der Waals surface area contributed by atoms with E-state index < -0.39 is 23.9 Å². The minimum absolute atomic E-state index is 0.0666. The Kier molecular flexibility index (Phi) is 3.75. The van der Waals surface area contributed by atoms with Crippen LogP contribution in [-0.4, -0.2) is 19.0 Å².